The van der Waals surface area contributed by atoms with Gasteiger partial charge in [0.1, 0.15) is 0 Å². The van der Waals surface area contributed by atoms with E-state index < -0.39 is 0 Å². The summed E-state index contributed by atoms with van der Waals surface area (Å²) in [5.41, 5.74) is 2.39. The first-order valence-electron chi connectivity index (χ1n) is 5.33. The van der Waals surface area contributed by atoms with Gasteiger partial charge in [0.05, 0.1) is 23.4 Å². The van der Waals surface area contributed by atoms with Gasteiger partial charge in [-0.2, -0.15) is 11.3 Å². The van der Waals surface area contributed by atoms with Crippen molar-refractivity contribution in [2.24, 2.45) is 0 Å². The first-order chi connectivity index (χ1) is 8.70. The van der Waals surface area contributed by atoms with Crippen molar-refractivity contribution >= 4 is 34.6 Å². The van der Waals surface area contributed by atoms with Crippen molar-refractivity contribution in [3.63, 3.8) is 0 Å². The second-order valence-electron chi connectivity index (χ2n) is 3.67. The number of halogens is 1. The molecule has 0 fully saturated rings. The molecule has 0 radical (unpaired) electrons. The Morgan fingerprint density at radius 1 is 1.44 bits per heavy atom. The van der Waals surface area contributed by atoms with Gasteiger partial charge in [-0.1, -0.05) is 11.6 Å². The number of hydrogen-bond acceptors (Lipinski definition) is 4. The highest BCUT2D eigenvalue weighted by Gasteiger charge is 2.08. The Hall–Kier alpha value is -1.52. The normalized spacial score (nSPS) is 10.1. The van der Waals surface area contributed by atoms with E-state index in [4.69, 9.17) is 11.6 Å². The Morgan fingerprint density at radius 3 is 2.94 bits per heavy atom. The molecule has 0 aliphatic heterocycles. The van der Waals surface area contributed by atoms with Gasteiger partial charge in [-0.05, 0) is 40.6 Å². The van der Waals surface area contributed by atoms with Crippen molar-refractivity contribution in [2.75, 3.05) is 12.4 Å². The molecule has 1 aromatic heterocycles. The van der Waals surface area contributed by atoms with Crippen LogP contribution >= 0.6 is 22.9 Å². The summed E-state index contributed by atoms with van der Waals surface area (Å²) in [7, 11) is 1.36. The Morgan fingerprint density at radius 2 is 2.28 bits per heavy atom. The first-order valence-corrected chi connectivity index (χ1v) is 6.65. The maximum atomic E-state index is 11.4. The summed E-state index contributed by atoms with van der Waals surface area (Å²) >= 11 is 7.72. The molecule has 18 heavy (non-hydrogen) atoms. The molecule has 94 valence electrons. The summed E-state index contributed by atoms with van der Waals surface area (Å²) in [4.78, 5) is 11.4. The van der Waals surface area contributed by atoms with E-state index in [1.54, 1.807) is 29.5 Å². The standard InChI is InChI=1S/C13H12ClNO2S/c1-17-13(16)10-2-3-11(14)12(6-10)15-7-9-4-5-18-8-9/h2-6,8,15H,7H2,1H3. The fourth-order valence-electron chi connectivity index (χ4n) is 1.50. The van der Waals surface area contributed by atoms with Crippen LogP contribution in [0.1, 0.15) is 15.9 Å². The number of rotatable bonds is 4. The van der Waals surface area contributed by atoms with Crippen LogP contribution in [0.5, 0.6) is 0 Å². The van der Waals surface area contributed by atoms with Crippen molar-refractivity contribution in [1.29, 1.82) is 0 Å². The third-order valence-corrected chi connectivity index (χ3v) is 3.51. The zero-order valence-corrected chi connectivity index (χ0v) is 11.3. The molecule has 0 aliphatic carbocycles. The van der Waals surface area contributed by atoms with Crippen LogP contribution in [-0.4, -0.2) is 13.1 Å². The number of benzene rings is 1. The zero-order chi connectivity index (χ0) is 13.0. The third-order valence-electron chi connectivity index (χ3n) is 2.45. The van der Waals surface area contributed by atoms with Gasteiger partial charge in [0.25, 0.3) is 0 Å². The number of methoxy groups -OCH3 is 1. The molecule has 3 nitrogen and oxygen atoms in total. The second kappa shape index (κ2) is 5.89. The van der Waals surface area contributed by atoms with Crippen LogP contribution in [0.4, 0.5) is 5.69 Å². The molecule has 0 amide bonds. The van der Waals surface area contributed by atoms with E-state index in [-0.39, 0.29) is 5.97 Å². The Kier molecular flexibility index (Phi) is 4.23. The number of anilines is 1. The van der Waals surface area contributed by atoms with E-state index in [2.05, 4.69) is 15.4 Å². The fraction of sp³-hybridized carbons (Fsp3) is 0.154. The molecular formula is C13H12ClNO2S. The molecule has 1 heterocycles. The molecule has 1 aromatic carbocycles. The summed E-state index contributed by atoms with van der Waals surface area (Å²) in [5, 5.41) is 7.86. The highest BCUT2D eigenvalue weighted by atomic mass is 35.5. The topological polar surface area (TPSA) is 38.3 Å². The van der Waals surface area contributed by atoms with Crippen LogP contribution in [0.25, 0.3) is 0 Å². The number of thiophene rings is 1. The van der Waals surface area contributed by atoms with E-state index in [9.17, 15) is 4.79 Å². The predicted octanol–water partition coefficient (Wildman–Crippen LogP) is 3.80. The summed E-state index contributed by atoms with van der Waals surface area (Å²) in [6.07, 6.45) is 0. The molecule has 0 aliphatic rings. The largest absolute Gasteiger partial charge is 0.465 e. The van der Waals surface area contributed by atoms with Crippen molar-refractivity contribution in [2.45, 2.75) is 6.54 Å². The molecular weight excluding hydrogens is 270 g/mol. The highest BCUT2D eigenvalue weighted by Crippen LogP contribution is 2.24. The van der Waals surface area contributed by atoms with Gasteiger partial charge in [-0.15, -0.1) is 0 Å². The molecule has 2 rings (SSSR count). The smallest absolute Gasteiger partial charge is 0.337 e. The summed E-state index contributed by atoms with van der Waals surface area (Å²) in [6.45, 7) is 0.674. The lowest BCUT2D eigenvalue weighted by Gasteiger charge is -2.09. The van der Waals surface area contributed by atoms with Crippen molar-refractivity contribution < 1.29 is 9.53 Å². The fourth-order valence-corrected chi connectivity index (χ4v) is 2.35. The predicted molar refractivity (Wildman–Crippen MR) is 74.4 cm³/mol. The van der Waals surface area contributed by atoms with Gasteiger partial charge < -0.3 is 10.1 Å². The molecule has 0 saturated carbocycles. The maximum Gasteiger partial charge on any atom is 0.337 e. The van der Waals surface area contributed by atoms with Gasteiger partial charge in [-0.25, -0.2) is 4.79 Å². The maximum absolute atomic E-state index is 11.4. The average molecular weight is 282 g/mol. The highest BCUT2D eigenvalue weighted by molar-refractivity contribution is 7.07. The molecule has 0 atom stereocenters. The number of carbonyl (C=O) groups excluding carboxylic acids is 1. The van der Waals surface area contributed by atoms with Gasteiger partial charge >= 0.3 is 5.97 Å². The summed E-state index contributed by atoms with van der Waals surface area (Å²) < 4.78 is 4.67. The summed E-state index contributed by atoms with van der Waals surface area (Å²) in [5.74, 6) is -0.370. The number of nitrogens with one attached hydrogen (secondary N) is 1. The van der Waals surface area contributed by atoms with Gasteiger partial charge in [0.2, 0.25) is 0 Å². The lowest BCUT2D eigenvalue weighted by molar-refractivity contribution is 0.0601. The zero-order valence-electron chi connectivity index (χ0n) is 9.77. The third kappa shape index (κ3) is 3.03. The Balaban J connectivity index is 2.13. The van der Waals surface area contributed by atoms with Crippen molar-refractivity contribution in [3.8, 4) is 0 Å². The molecule has 0 spiro atoms. The van der Waals surface area contributed by atoms with Crippen LogP contribution in [0, 0.1) is 0 Å². The number of ether oxygens (including phenoxy) is 1. The SMILES string of the molecule is COC(=O)c1ccc(Cl)c(NCc2ccsc2)c1. The lowest BCUT2D eigenvalue weighted by Crippen LogP contribution is -2.04. The number of carbonyl (C=O) groups is 1. The quantitative estimate of drug-likeness (QED) is 0.866. The van der Waals surface area contributed by atoms with E-state index >= 15 is 0 Å². The summed E-state index contributed by atoms with van der Waals surface area (Å²) in [6, 6.07) is 7.06. The van der Waals surface area contributed by atoms with Gasteiger partial charge in [-0.3, -0.25) is 0 Å². The van der Waals surface area contributed by atoms with Crippen LogP contribution in [0.2, 0.25) is 5.02 Å². The number of hydrogen-bond donors (Lipinski definition) is 1. The van der Waals surface area contributed by atoms with Crippen LogP contribution in [-0.2, 0) is 11.3 Å². The van der Waals surface area contributed by atoms with Crippen molar-refractivity contribution in [1.82, 2.24) is 0 Å². The molecule has 0 saturated heterocycles. The molecule has 2 aromatic rings. The average Bonchev–Trinajstić information content (AvgIpc) is 2.90. The minimum Gasteiger partial charge on any atom is -0.465 e. The van der Waals surface area contributed by atoms with Crippen molar-refractivity contribution in [3.05, 3.63) is 51.2 Å². The Bertz CT molecular complexity index is 540. The van der Waals surface area contributed by atoms with E-state index in [0.717, 1.165) is 5.69 Å². The minimum atomic E-state index is -0.370. The van der Waals surface area contributed by atoms with Crippen LogP contribution < -0.4 is 5.32 Å². The molecule has 0 unspecified atom stereocenters. The molecule has 0 bridgehead atoms. The monoisotopic (exact) mass is 281 g/mol. The van der Waals surface area contributed by atoms with E-state index in [1.807, 2.05) is 11.4 Å². The van der Waals surface area contributed by atoms with Crippen LogP contribution in [0.3, 0.4) is 0 Å². The van der Waals surface area contributed by atoms with Gasteiger partial charge in [0, 0.05) is 6.54 Å². The van der Waals surface area contributed by atoms with Crippen LogP contribution in [0.15, 0.2) is 35.0 Å². The Labute approximate surface area is 114 Å². The number of esters is 1. The first kappa shape index (κ1) is 12.9. The van der Waals surface area contributed by atoms with Gasteiger partial charge in [0.15, 0.2) is 0 Å². The lowest BCUT2D eigenvalue weighted by atomic mass is 10.2. The second-order valence-corrected chi connectivity index (χ2v) is 4.86. The molecule has 5 heteroatoms. The van der Waals surface area contributed by atoms with E-state index in [0.29, 0.717) is 17.1 Å². The molecule has 1 N–H and O–H groups in total. The van der Waals surface area contributed by atoms with E-state index in [1.165, 1.54) is 12.7 Å². The minimum absolute atomic E-state index is 0.370.